The van der Waals surface area contributed by atoms with Gasteiger partial charge in [-0.15, -0.1) is 0 Å². The van der Waals surface area contributed by atoms with Crippen LogP contribution < -0.4 is 10.9 Å². The van der Waals surface area contributed by atoms with Gasteiger partial charge in [-0.2, -0.15) is 5.10 Å². The molecule has 0 aliphatic rings. The number of hydrogen-bond acceptors (Lipinski definition) is 4. The van der Waals surface area contributed by atoms with Crippen LogP contribution in [0.15, 0.2) is 35.1 Å². The van der Waals surface area contributed by atoms with Crippen LogP contribution in [0.4, 0.5) is 4.39 Å². The van der Waals surface area contributed by atoms with Crippen molar-refractivity contribution in [3.63, 3.8) is 0 Å². The fraction of sp³-hybridized carbons (Fsp3) is 0.478. The van der Waals surface area contributed by atoms with Crippen LogP contribution in [0.3, 0.4) is 0 Å². The largest absolute Gasteiger partial charge is 0.379 e. The molecule has 0 spiro atoms. The van der Waals surface area contributed by atoms with E-state index in [0.717, 1.165) is 24.0 Å². The minimum atomic E-state index is -0.313. The number of fused-ring (bicyclic) bond motifs is 1. The van der Waals surface area contributed by atoms with E-state index in [1.165, 1.54) is 12.1 Å². The van der Waals surface area contributed by atoms with Gasteiger partial charge in [0.1, 0.15) is 11.5 Å². The van der Waals surface area contributed by atoms with Crippen LogP contribution in [0.5, 0.6) is 0 Å². The summed E-state index contributed by atoms with van der Waals surface area (Å²) in [5, 5.41) is 8.98. The lowest BCUT2D eigenvalue weighted by Crippen LogP contribution is -2.23. The number of nitrogens with zero attached hydrogens (tertiary/aromatic N) is 2. The lowest BCUT2D eigenvalue weighted by atomic mass is 9.90. The lowest BCUT2D eigenvalue weighted by Gasteiger charge is -2.15. The summed E-state index contributed by atoms with van der Waals surface area (Å²) in [5.74, 6) is -0.313. The maximum atomic E-state index is 13.4. The number of nitrogens with one attached hydrogen (secondary N) is 2. The number of H-pyrrole nitrogens is 1. The zero-order valence-corrected chi connectivity index (χ0v) is 18.4. The first-order valence-corrected chi connectivity index (χ1v) is 10.4. The van der Waals surface area contributed by atoms with Gasteiger partial charge in [0.2, 0.25) is 0 Å². The number of rotatable bonds is 8. The molecule has 0 aliphatic carbocycles. The highest BCUT2D eigenvalue weighted by atomic mass is 19.1. The van der Waals surface area contributed by atoms with Crippen molar-refractivity contribution in [2.75, 3.05) is 13.2 Å². The predicted molar refractivity (Wildman–Crippen MR) is 118 cm³/mol. The molecule has 162 valence electrons. The molecule has 3 rings (SSSR count). The fourth-order valence-electron chi connectivity index (χ4n) is 3.31. The Kier molecular flexibility index (Phi) is 6.73. The highest BCUT2D eigenvalue weighted by Gasteiger charge is 2.24. The van der Waals surface area contributed by atoms with E-state index >= 15 is 0 Å². The van der Waals surface area contributed by atoms with E-state index in [9.17, 15) is 9.18 Å². The van der Waals surface area contributed by atoms with Crippen LogP contribution >= 0.6 is 0 Å². The Hall–Kier alpha value is -2.51. The summed E-state index contributed by atoms with van der Waals surface area (Å²) in [7, 11) is 0. The van der Waals surface area contributed by atoms with E-state index in [2.05, 4.69) is 31.1 Å². The molecular formula is C23H31FN4O2. The zero-order valence-electron chi connectivity index (χ0n) is 18.4. The molecule has 6 nitrogen and oxygen atoms in total. The van der Waals surface area contributed by atoms with Crippen molar-refractivity contribution < 1.29 is 9.13 Å². The summed E-state index contributed by atoms with van der Waals surface area (Å²) >= 11 is 0. The van der Waals surface area contributed by atoms with Crippen LogP contribution in [0.2, 0.25) is 0 Å². The van der Waals surface area contributed by atoms with Crippen LogP contribution in [0.1, 0.15) is 52.3 Å². The average molecular weight is 415 g/mol. The summed E-state index contributed by atoms with van der Waals surface area (Å²) in [6, 6.07) is 8.00. The van der Waals surface area contributed by atoms with E-state index in [4.69, 9.17) is 9.84 Å². The molecule has 0 radical (unpaired) electrons. The summed E-state index contributed by atoms with van der Waals surface area (Å²) in [4.78, 5) is 15.7. The second kappa shape index (κ2) is 9.10. The van der Waals surface area contributed by atoms with Gasteiger partial charge < -0.3 is 15.0 Å². The number of aromatic amines is 1. The molecule has 0 atom stereocenters. The van der Waals surface area contributed by atoms with E-state index in [1.54, 1.807) is 16.8 Å². The van der Waals surface area contributed by atoms with Crippen molar-refractivity contribution in [3.8, 4) is 5.69 Å². The SMILES string of the molecule is CC(C)OCCCNCc1cc2c(C(C)(C)C)nn(-c3ccc(F)cc3)c2[nH]c1=O. The van der Waals surface area contributed by atoms with Gasteiger partial charge >= 0.3 is 0 Å². The maximum absolute atomic E-state index is 13.4. The number of benzene rings is 1. The average Bonchev–Trinajstić information content (AvgIpc) is 3.03. The van der Waals surface area contributed by atoms with Crippen molar-refractivity contribution in [1.82, 2.24) is 20.1 Å². The second-order valence-corrected chi connectivity index (χ2v) is 8.82. The molecule has 0 unspecified atom stereocenters. The minimum absolute atomic E-state index is 0.155. The monoisotopic (exact) mass is 414 g/mol. The highest BCUT2D eigenvalue weighted by Crippen LogP contribution is 2.30. The van der Waals surface area contributed by atoms with Crippen molar-refractivity contribution in [2.24, 2.45) is 0 Å². The first kappa shape index (κ1) is 22.2. The Morgan fingerprint density at radius 1 is 1.23 bits per heavy atom. The number of ether oxygens (including phenoxy) is 1. The summed E-state index contributed by atoms with van der Waals surface area (Å²) in [6.45, 7) is 12.2. The predicted octanol–water partition coefficient (Wildman–Crippen LogP) is 4.06. The number of hydrogen-bond donors (Lipinski definition) is 2. The molecule has 0 saturated heterocycles. The van der Waals surface area contributed by atoms with Gasteiger partial charge in [0.05, 0.1) is 17.5 Å². The topological polar surface area (TPSA) is 71.9 Å². The van der Waals surface area contributed by atoms with Crippen molar-refractivity contribution in [1.29, 1.82) is 0 Å². The maximum Gasteiger partial charge on any atom is 0.254 e. The molecule has 0 saturated carbocycles. The quantitative estimate of drug-likeness (QED) is 0.546. The lowest BCUT2D eigenvalue weighted by molar-refractivity contribution is 0.0770. The molecule has 0 aliphatic heterocycles. The molecule has 0 amide bonds. The summed E-state index contributed by atoms with van der Waals surface area (Å²) in [6.07, 6.45) is 1.11. The first-order valence-electron chi connectivity index (χ1n) is 10.4. The molecule has 7 heteroatoms. The number of pyridine rings is 1. The number of halogens is 1. The molecule has 1 aromatic carbocycles. The van der Waals surface area contributed by atoms with E-state index in [0.29, 0.717) is 30.0 Å². The third-order valence-electron chi connectivity index (χ3n) is 4.81. The molecule has 0 bridgehead atoms. The van der Waals surface area contributed by atoms with Gasteiger partial charge in [-0.05, 0) is 57.1 Å². The van der Waals surface area contributed by atoms with Crippen LogP contribution in [0, 0.1) is 5.82 Å². The molecule has 2 heterocycles. The van der Waals surface area contributed by atoms with E-state index in [1.807, 2.05) is 19.9 Å². The van der Waals surface area contributed by atoms with Crippen LogP contribution in [-0.4, -0.2) is 34.0 Å². The Balaban J connectivity index is 1.90. The van der Waals surface area contributed by atoms with Crippen molar-refractivity contribution in [3.05, 3.63) is 57.8 Å². The minimum Gasteiger partial charge on any atom is -0.379 e. The second-order valence-electron chi connectivity index (χ2n) is 8.82. The van der Waals surface area contributed by atoms with Crippen LogP contribution in [0.25, 0.3) is 16.7 Å². The molecule has 30 heavy (non-hydrogen) atoms. The molecule has 0 fully saturated rings. The summed E-state index contributed by atoms with van der Waals surface area (Å²) < 4.78 is 20.6. The third kappa shape index (κ3) is 5.15. The van der Waals surface area contributed by atoms with E-state index in [-0.39, 0.29) is 22.9 Å². The van der Waals surface area contributed by atoms with Crippen molar-refractivity contribution in [2.45, 2.75) is 59.1 Å². The van der Waals surface area contributed by atoms with Crippen molar-refractivity contribution >= 4 is 11.0 Å². The van der Waals surface area contributed by atoms with E-state index < -0.39 is 0 Å². The van der Waals surface area contributed by atoms with Gasteiger partial charge in [-0.25, -0.2) is 9.07 Å². The molecule has 2 aromatic heterocycles. The number of aromatic nitrogens is 3. The Labute approximate surface area is 176 Å². The van der Waals surface area contributed by atoms with Gasteiger partial charge in [0.25, 0.3) is 5.56 Å². The summed E-state index contributed by atoms with van der Waals surface area (Å²) in [5.41, 5.74) is 2.48. The van der Waals surface area contributed by atoms with Crippen LogP contribution in [-0.2, 0) is 16.7 Å². The Morgan fingerprint density at radius 2 is 1.93 bits per heavy atom. The smallest absolute Gasteiger partial charge is 0.254 e. The molecule has 2 N–H and O–H groups in total. The molecule has 3 aromatic rings. The normalized spacial score (nSPS) is 12.2. The van der Waals surface area contributed by atoms with Gasteiger partial charge in [-0.3, -0.25) is 4.79 Å². The fourth-order valence-corrected chi connectivity index (χ4v) is 3.31. The first-order chi connectivity index (χ1) is 14.2. The van der Waals surface area contributed by atoms with Gasteiger partial charge in [-0.1, -0.05) is 20.8 Å². The van der Waals surface area contributed by atoms with Gasteiger partial charge in [0, 0.05) is 29.5 Å². The van der Waals surface area contributed by atoms with Gasteiger partial charge in [0.15, 0.2) is 0 Å². The standard InChI is InChI=1S/C23H31FN4O2/c1-15(2)30-12-6-11-25-14-16-13-19-20(23(3,4)5)27-28(21(19)26-22(16)29)18-9-7-17(24)8-10-18/h7-10,13,15,25H,6,11-12,14H2,1-5H3,(H,26,29). The molecular weight excluding hydrogens is 383 g/mol. The zero-order chi connectivity index (χ0) is 21.9. The highest BCUT2D eigenvalue weighted by molar-refractivity contribution is 5.81. The Morgan fingerprint density at radius 3 is 2.57 bits per heavy atom. The third-order valence-corrected chi connectivity index (χ3v) is 4.81. The Bertz CT molecular complexity index is 1050.